The lowest BCUT2D eigenvalue weighted by molar-refractivity contribution is 0.0526. The predicted octanol–water partition coefficient (Wildman–Crippen LogP) is 5.07. The Morgan fingerprint density at radius 2 is 1.97 bits per heavy atom. The van der Waals surface area contributed by atoms with Crippen LogP contribution in [0.25, 0.3) is 10.6 Å². The van der Waals surface area contributed by atoms with Crippen LogP contribution in [0.5, 0.6) is 5.75 Å². The molecule has 0 bridgehead atoms. The van der Waals surface area contributed by atoms with Gasteiger partial charge >= 0.3 is 5.97 Å². The summed E-state index contributed by atoms with van der Waals surface area (Å²) in [6.45, 7) is 2.07. The molecule has 33 heavy (non-hydrogen) atoms. The number of fused-ring (bicyclic) bond motifs is 1. The summed E-state index contributed by atoms with van der Waals surface area (Å²) in [5.41, 5.74) is 4.03. The number of carbonyl (C=O) groups excluding carboxylic acids is 2. The number of rotatable bonds is 6. The molecular weight excluding hydrogens is 438 g/mol. The summed E-state index contributed by atoms with van der Waals surface area (Å²) < 4.78 is 10.5. The first-order valence-electron chi connectivity index (χ1n) is 10.5. The van der Waals surface area contributed by atoms with E-state index in [0.29, 0.717) is 29.3 Å². The number of nitrogens with one attached hydrogen (secondary N) is 1. The van der Waals surface area contributed by atoms with Gasteiger partial charge in [-0.3, -0.25) is 14.8 Å². The second-order valence-corrected chi connectivity index (χ2v) is 8.41. The first-order chi connectivity index (χ1) is 16.1. The molecule has 0 aliphatic carbocycles. The number of hydrogen-bond donors (Lipinski definition) is 1. The Balaban J connectivity index is 1.64. The van der Waals surface area contributed by atoms with Crippen molar-refractivity contribution in [3.05, 3.63) is 88.4 Å². The minimum absolute atomic E-state index is 0.208. The van der Waals surface area contributed by atoms with E-state index in [1.807, 2.05) is 41.8 Å². The number of carbonyl (C=O) groups is 2. The van der Waals surface area contributed by atoms with Crippen molar-refractivity contribution in [1.82, 2.24) is 10.2 Å². The van der Waals surface area contributed by atoms with Gasteiger partial charge in [-0.05, 0) is 60.3 Å². The molecule has 4 aromatic rings. The molecule has 2 aromatic heterocycles. The summed E-state index contributed by atoms with van der Waals surface area (Å²) in [6, 6.07) is 18.1. The van der Waals surface area contributed by atoms with E-state index in [-0.39, 0.29) is 5.91 Å². The molecule has 166 valence electrons. The highest BCUT2D eigenvalue weighted by Gasteiger charge is 2.43. The molecule has 1 amide bonds. The van der Waals surface area contributed by atoms with Crippen LogP contribution in [0.1, 0.15) is 44.9 Å². The Morgan fingerprint density at radius 3 is 2.67 bits per heavy atom. The van der Waals surface area contributed by atoms with Crippen molar-refractivity contribution in [2.24, 2.45) is 0 Å². The van der Waals surface area contributed by atoms with Gasteiger partial charge in [-0.2, -0.15) is 5.10 Å². The number of aromatic amines is 1. The zero-order chi connectivity index (χ0) is 22.9. The molecule has 0 radical (unpaired) electrons. The van der Waals surface area contributed by atoms with E-state index in [4.69, 9.17) is 9.47 Å². The number of thiophene rings is 1. The Bertz CT molecular complexity index is 1310. The Kier molecular flexibility index (Phi) is 5.43. The molecule has 8 heteroatoms. The van der Waals surface area contributed by atoms with Gasteiger partial charge in [0, 0.05) is 11.3 Å². The van der Waals surface area contributed by atoms with Crippen molar-refractivity contribution in [3.8, 4) is 16.3 Å². The minimum Gasteiger partial charge on any atom is -0.497 e. The number of hydrogen-bond acceptors (Lipinski definition) is 6. The van der Waals surface area contributed by atoms with Crippen molar-refractivity contribution in [3.63, 3.8) is 0 Å². The lowest BCUT2D eigenvalue weighted by atomic mass is 9.97. The van der Waals surface area contributed by atoms with Crippen LogP contribution in [0.2, 0.25) is 0 Å². The van der Waals surface area contributed by atoms with Crippen molar-refractivity contribution in [2.45, 2.75) is 13.0 Å². The Labute approximate surface area is 194 Å². The van der Waals surface area contributed by atoms with Crippen LogP contribution >= 0.6 is 11.3 Å². The summed E-state index contributed by atoms with van der Waals surface area (Å²) in [5.74, 6) is 0.0993. The Morgan fingerprint density at radius 1 is 1.15 bits per heavy atom. The molecule has 3 heterocycles. The number of amides is 1. The van der Waals surface area contributed by atoms with Crippen LogP contribution in [-0.4, -0.2) is 35.8 Å². The highest BCUT2D eigenvalue weighted by atomic mass is 32.1. The van der Waals surface area contributed by atoms with Crippen molar-refractivity contribution in [2.75, 3.05) is 18.6 Å². The molecule has 1 N–H and O–H groups in total. The van der Waals surface area contributed by atoms with Gasteiger partial charge in [0.05, 0.1) is 35.9 Å². The molecule has 0 saturated carbocycles. The van der Waals surface area contributed by atoms with Gasteiger partial charge in [0.25, 0.3) is 5.91 Å². The lowest BCUT2D eigenvalue weighted by Crippen LogP contribution is -2.29. The van der Waals surface area contributed by atoms with Crippen LogP contribution < -0.4 is 9.64 Å². The maximum atomic E-state index is 13.6. The largest absolute Gasteiger partial charge is 0.497 e. The Hall–Kier alpha value is -3.91. The van der Waals surface area contributed by atoms with Crippen LogP contribution in [0.4, 0.5) is 5.69 Å². The molecule has 0 fully saturated rings. The minimum atomic E-state index is -0.410. The summed E-state index contributed by atoms with van der Waals surface area (Å²) in [5, 5.41) is 9.44. The summed E-state index contributed by atoms with van der Waals surface area (Å²) in [6.07, 6.45) is 0. The average molecular weight is 460 g/mol. The summed E-state index contributed by atoms with van der Waals surface area (Å²) in [4.78, 5) is 28.4. The van der Waals surface area contributed by atoms with Crippen LogP contribution in [0.3, 0.4) is 0 Å². The second-order valence-electron chi connectivity index (χ2n) is 7.46. The van der Waals surface area contributed by atoms with Gasteiger partial charge in [-0.15, -0.1) is 11.3 Å². The van der Waals surface area contributed by atoms with Crippen LogP contribution in [0, 0.1) is 0 Å². The van der Waals surface area contributed by atoms with Gasteiger partial charge < -0.3 is 9.47 Å². The first-order valence-corrected chi connectivity index (χ1v) is 11.4. The number of benzene rings is 2. The number of anilines is 1. The third kappa shape index (κ3) is 3.58. The quantitative estimate of drug-likeness (QED) is 0.407. The van der Waals surface area contributed by atoms with E-state index in [1.54, 1.807) is 54.5 Å². The zero-order valence-corrected chi connectivity index (χ0v) is 18.9. The summed E-state index contributed by atoms with van der Waals surface area (Å²) >= 11 is 1.58. The van der Waals surface area contributed by atoms with Crippen molar-refractivity contribution < 1.29 is 19.1 Å². The number of methoxy groups -OCH3 is 1. The molecule has 0 spiro atoms. The van der Waals surface area contributed by atoms with E-state index in [9.17, 15) is 9.59 Å². The van der Waals surface area contributed by atoms with E-state index in [0.717, 1.165) is 21.7 Å². The number of nitrogens with zero attached hydrogens (tertiary/aromatic N) is 2. The van der Waals surface area contributed by atoms with Gasteiger partial charge in [-0.25, -0.2) is 4.79 Å². The molecule has 7 nitrogen and oxygen atoms in total. The van der Waals surface area contributed by atoms with Gasteiger partial charge in [-0.1, -0.05) is 18.2 Å². The topological polar surface area (TPSA) is 84.5 Å². The fourth-order valence-corrected chi connectivity index (χ4v) is 4.85. The van der Waals surface area contributed by atoms with Crippen LogP contribution in [0.15, 0.2) is 66.0 Å². The molecule has 5 rings (SSSR count). The number of ether oxygens (including phenoxy) is 2. The standard InChI is InChI=1S/C25H21N3O4S/c1-3-32-25(30)15-9-11-17(12-10-15)28-23(16-6-4-7-18(14-16)31-2)20-21(19-8-5-13-33-19)26-27-22(20)24(28)29/h4-14,23H,3H2,1-2H3,(H,26,27)/t23-/m0/s1. The van der Waals surface area contributed by atoms with Gasteiger partial charge in [0.2, 0.25) is 0 Å². The highest BCUT2D eigenvalue weighted by Crippen LogP contribution is 2.46. The average Bonchev–Trinajstić information content (AvgIpc) is 3.57. The number of H-pyrrole nitrogens is 1. The molecule has 1 atom stereocenters. The predicted molar refractivity (Wildman–Crippen MR) is 126 cm³/mol. The maximum Gasteiger partial charge on any atom is 0.338 e. The zero-order valence-electron chi connectivity index (χ0n) is 18.1. The maximum absolute atomic E-state index is 13.6. The van der Waals surface area contributed by atoms with Gasteiger partial charge in [0.1, 0.15) is 5.75 Å². The monoisotopic (exact) mass is 459 g/mol. The lowest BCUT2D eigenvalue weighted by Gasteiger charge is -2.27. The molecule has 0 unspecified atom stereocenters. The molecule has 0 saturated heterocycles. The molecule has 1 aliphatic rings. The first kappa shape index (κ1) is 21.0. The third-order valence-corrected chi connectivity index (χ3v) is 6.48. The van der Waals surface area contributed by atoms with E-state index in [2.05, 4.69) is 10.2 Å². The second kappa shape index (κ2) is 8.55. The molecule has 1 aliphatic heterocycles. The SMILES string of the molecule is CCOC(=O)c1ccc(N2C(=O)c3n[nH]c(-c4cccs4)c3[C@@H]2c2cccc(OC)c2)cc1. The van der Waals surface area contributed by atoms with Crippen molar-refractivity contribution in [1.29, 1.82) is 0 Å². The van der Waals surface area contributed by atoms with Crippen LogP contribution in [-0.2, 0) is 4.74 Å². The van der Waals surface area contributed by atoms with E-state index < -0.39 is 12.0 Å². The molecule has 2 aromatic carbocycles. The fraction of sp³-hybridized carbons (Fsp3) is 0.160. The van der Waals surface area contributed by atoms with Crippen molar-refractivity contribution >= 4 is 28.9 Å². The van der Waals surface area contributed by atoms with E-state index >= 15 is 0 Å². The number of esters is 1. The highest BCUT2D eigenvalue weighted by molar-refractivity contribution is 7.13. The smallest absolute Gasteiger partial charge is 0.338 e. The van der Waals surface area contributed by atoms with E-state index in [1.165, 1.54) is 0 Å². The fourth-order valence-electron chi connectivity index (χ4n) is 4.12. The third-order valence-electron chi connectivity index (χ3n) is 5.59. The number of aromatic nitrogens is 2. The van der Waals surface area contributed by atoms with Gasteiger partial charge in [0.15, 0.2) is 5.69 Å². The normalized spacial score (nSPS) is 14.9. The summed E-state index contributed by atoms with van der Waals surface area (Å²) in [7, 11) is 1.62. The molecular formula is C25H21N3O4S.